The number of amides is 2. The van der Waals surface area contributed by atoms with Crippen LogP contribution >= 0.6 is 0 Å². The summed E-state index contributed by atoms with van der Waals surface area (Å²) in [6, 6.07) is 22.4. The van der Waals surface area contributed by atoms with Gasteiger partial charge >= 0.3 is 0 Å². The number of para-hydroxylation sites is 1. The van der Waals surface area contributed by atoms with Crippen molar-refractivity contribution in [2.24, 2.45) is 0 Å². The molecular formula is C24H22N2O3. The summed E-state index contributed by atoms with van der Waals surface area (Å²) in [5.74, 6) is 0.367. The van der Waals surface area contributed by atoms with Gasteiger partial charge in [0.1, 0.15) is 5.75 Å². The Hall–Kier alpha value is -3.60. The number of hydrogen-bond acceptors (Lipinski definition) is 3. The highest BCUT2D eigenvalue weighted by Crippen LogP contribution is 2.29. The molecule has 0 bridgehead atoms. The SMILES string of the molecule is Cc1ccc(OCC(=O)Nc2ccc(C(=O)N3CCc4ccccc43)cc2)cc1. The number of carbonyl (C=O) groups excluding carboxylic acids is 2. The lowest BCUT2D eigenvalue weighted by atomic mass is 10.1. The van der Waals surface area contributed by atoms with Crippen LogP contribution in [-0.4, -0.2) is 25.0 Å². The van der Waals surface area contributed by atoms with Crippen molar-refractivity contribution < 1.29 is 14.3 Å². The van der Waals surface area contributed by atoms with E-state index in [0.717, 1.165) is 17.7 Å². The molecule has 5 heteroatoms. The zero-order valence-electron chi connectivity index (χ0n) is 16.2. The van der Waals surface area contributed by atoms with Crippen LogP contribution in [0.2, 0.25) is 0 Å². The summed E-state index contributed by atoms with van der Waals surface area (Å²) in [5, 5.41) is 2.79. The molecule has 0 atom stereocenters. The molecule has 1 heterocycles. The number of ether oxygens (including phenoxy) is 1. The van der Waals surface area contributed by atoms with E-state index in [9.17, 15) is 9.59 Å². The number of anilines is 2. The Bertz CT molecular complexity index is 1030. The Morgan fingerprint density at radius 1 is 0.966 bits per heavy atom. The van der Waals surface area contributed by atoms with Gasteiger partial charge in [-0.25, -0.2) is 0 Å². The maximum Gasteiger partial charge on any atom is 0.262 e. The van der Waals surface area contributed by atoms with Crippen LogP contribution in [0, 0.1) is 6.92 Å². The standard InChI is InChI=1S/C24H22N2O3/c1-17-6-12-21(13-7-17)29-16-23(27)25-20-10-8-19(9-11-20)24(28)26-15-14-18-4-2-3-5-22(18)26/h2-13H,14-16H2,1H3,(H,25,27). The Labute approximate surface area is 169 Å². The van der Waals surface area contributed by atoms with Gasteiger partial charge in [-0.1, -0.05) is 35.9 Å². The predicted molar refractivity (Wildman–Crippen MR) is 114 cm³/mol. The minimum absolute atomic E-state index is 0.0319. The monoisotopic (exact) mass is 386 g/mol. The number of carbonyl (C=O) groups is 2. The average molecular weight is 386 g/mol. The molecule has 0 saturated carbocycles. The van der Waals surface area contributed by atoms with Gasteiger partial charge in [0.2, 0.25) is 0 Å². The van der Waals surface area contributed by atoms with E-state index in [1.165, 1.54) is 5.56 Å². The lowest BCUT2D eigenvalue weighted by Crippen LogP contribution is -2.28. The molecule has 3 aromatic carbocycles. The van der Waals surface area contributed by atoms with Crippen LogP contribution in [0.25, 0.3) is 0 Å². The van der Waals surface area contributed by atoms with Crippen molar-refractivity contribution in [3.05, 3.63) is 89.5 Å². The van der Waals surface area contributed by atoms with Crippen LogP contribution in [0.15, 0.2) is 72.8 Å². The molecule has 0 aromatic heterocycles. The van der Waals surface area contributed by atoms with E-state index < -0.39 is 0 Å². The molecule has 1 aliphatic heterocycles. The maximum absolute atomic E-state index is 12.8. The van der Waals surface area contributed by atoms with Gasteiger partial charge in [0.25, 0.3) is 11.8 Å². The van der Waals surface area contributed by atoms with Crippen LogP contribution in [0.5, 0.6) is 5.75 Å². The summed E-state index contributed by atoms with van der Waals surface area (Å²) in [6.45, 7) is 2.61. The number of hydrogen-bond donors (Lipinski definition) is 1. The van der Waals surface area contributed by atoms with Gasteiger partial charge in [-0.05, 0) is 61.4 Å². The number of aryl methyl sites for hydroxylation is 1. The zero-order valence-corrected chi connectivity index (χ0v) is 16.2. The maximum atomic E-state index is 12.8. The van der Waals surface area contributed by atoms with E-state index in [1.807, 2.05) is 49.4 Å². The molecule has 3 aromatic rings. The van der Waals surface area contributed by atoms with Gasteiger partial charge in [0.15, 0.2) is 6.61 Å². The molecule has 1 N–H and O–H groups in total. The molecule has 5 nitrogen and oxygen atoms in total. The van der Waals surface area contributed by atoms with Crippen molar-refractivity contribution >= 4 is 23.2 Å². The number of nitrogens with zero attached hydrogens (tertiary/aromatic N) is 1. The zero-order chi connectivity index (χ0) is 20.2. The normalized spacial score (nSPS) is 12.4. The second-order valence-corrected chi connectivity index (χ2v) is 7.06. The van der Waals surface area contributed by atoms with Crippen molar-refractivity contribution in [2.75, 3.05) is 23.4 Å². The summed E-state index contributed by atoms with van der Waals surface area (Å²) in [7, 11) is 0. The first kappa shape index (κ1) is 18.7. The lowest BCUT2D eigenvalue weighted by molar-refractivity contribution is -0.118. The number of fused-ring (bicyclic) bond motifs is 1. The van der Waals surface area contributed by atoms with E-state index >= 15 is 0 Å². The Kier molecular flexibility index (Phi) is 5.29. The first-order valence-corrected chi connectivity index (χ1v) is 9.59. The summed E-state index contributed by atoms with van der Waals surface area (Å²) in [4.78, 5) is 26.8. The third-order valence-electron chi connectivity index (χ3n) is 4.94. The van der Waals surface area contributed by atoms with Crippen LogP contribution in [0.4, 0.5) is 11.4 Å². The van der Waals surface area contributed by atoms with Gasteiger partial charge in [-0.3, -0.25) is 9.59 Å². The van der Waals surface area contributed by atoms with Crippen LogP contribution in [0.3, 0.4) is 0 Å². The van der Waals surface area contributed by atoms with Crippen molar-refractivity contribution in [3.63, 3.8) is 0 Å². The van der Waals surface area contributed by atoms with Crippen LogP contribution in [-0.2, 0) is 11.2 Å². The summed E-state index contributed by atoms with van der Waals surface area (Å²) in [5.41, 5.74) is 4.52. The fourth-order valence-corrected chi connectivity index (χ4v) is 3.38. The first-order valence-electron chi connectivity index (χ1n) is 9.59. The second-order valence-electron chi connectivity index (χ2n) is 7.06. The molecule has 0 spiro atoms. The van der Waals surface area contributed by atoms with Gasteiger partial charge in [0.05, 0.1) is 0 Å². The molecule has 0 radical (unpaired) electrons. The number of nitrogens with one attached hydrogen (secondary N) is 1. The number of rotatable bonds is 5. The van der Waals surface area contributed by atoms with Gasteiger partial charge in [-0.15, -0.1) is 0 Å². The molecule has 0 unspecified atom stereocenters. The molecule has 146 valence electrons. The summed E-state index contributed by atoms with van der Waals surface area (Å²) < 4.78 is 5.48. The molecule has 1 aliphatic rings. The van der Waals surface area contributed by atoms with Crippen LogP contribution in [0.1, 0.15) is 21.5 Å². The third kappa shape index (κ3) is 4.29. The van der Waals surface area contributed by atoms with Crippen molar-refractivity contribution in [1.29, 1.82) is 0 Å². The van der Waals surface area contributed by atoms with Crippen LogP contribution < -0.4 is 15.0 Å². The van der Waals surface area contributed by atoms with E-state index in [0.29, 0.717) is 23.5 Å². The minimum Gasteiger partial charge on any atom is -0.484 e. The topological polar surface area (TPSA) is 58.6 Å². The molecule has 0 aliphatic carbocycles. The minimum atomic E-state index is -0.252. The first-order chi connectivity index (χ1) is 14.1. The quantitative estimate of drug-likeness (QED) is 0.714. The van der Waals surface area contributed by atoms with Gasteiger partial charge in [0, 0.05) is 23.5 Å². The summed E-state index contributed by atoms with van der Waals surface area (Å²) in [6.07, 6.45) is 0.872. The molecular weight excluding hydrogens is 364 g/mol. The van der Waals surface area contributed by atoms with Gasteiger partial charge < -0.3 is 15.0 Å². The smallest absolute Gasteiger partial charge is 0.262 e. The fraction of sp³-hybridized carbons (Fsp3) is 0.167. The largest absolute Gasteiger partial charge is 0.484 e. The highest BCUT2D eigenvalue weighted by atomic mass is 16.5. The van der Waals surface area contributed by atoms with E-state index in [4.69, 9.17) is 4.74 Å². The molecule has 29 heavy (non-hydrogen) atoms. The molecule has 4 rings (SSSR count). The Morgan fingerprint density at radius 2 is 1.69 bits per heavy atom. The van der Waals surface area contributed by atoms with Crippen molar-refractivity contribution in [2.45, 2.75) is 13.3 Å². The predicted octanol–water partition coefficient (Wildman–Crippen LogP) is 4.22. The highest BCUT2D eigenvalue weighted by Gasteiger charge is 2.24. The lowest BCUT2D eigenvalue weighted by Gasteiger charge is -2.17. The van der Waals surface area contributed by atoms with Gasteiger partial charge in [-0.2, -0.15) is 0 Å². The third-order valence-corrected chi connectivity index (χ3v) is 4.94. The van der Waals surface area contributed by atoms with E-state index in [2.05, 4.69) is 11.4 Å². The molecule has 0 fully saturated rings. The Balaban J connectivity index is 1.35. The molecule has 0 saturated heterocycles. The second kappa shape index (κ2) is 8.19. The van der Waals surface area contributed by atoms with Crippen molar-refractivity contribution in [3.8, 4) is 5.75 Å². The van der Waals surface area contributed by atoms with E-state index in [-0.39, 0.29) is 18.4 Å². The fourth-order valence-electron chi connectivity index (χ4n) is 3.38. The highest BCUT2D eigenvalue weighted by molar-refractivity contribution is 6.07. The van der Waals surface area contributed by atoms with E-state index in [1.54, 1.807) is 29.2 Å². The average Bonchev–Trinajstić information content (AvgIpc) is 3.17. The molecule has 2 amide bonds. The number of benzene rings is 3. The van der Waals surface area contributed by atoms with Crippen molar-refractivity contribution in [1.82, 2.24) is 0 Å². The Morgan fingerprint density at radius 3 is 2.45 bits per heavy atom. The summed E-state index contributed by atoms with van der Waals surface area (Å²) >= 11 is 0.